The zero-order chi connectivity index (χ0) is 33.3. The molecule has 7 N–H and O–H groups in total. The van der Waals surface area contributed by atoms with E-state index in [0.717, 1.165) is 5.56 Å². The summed E-state index contributed by atoms with van der Waals surface area (Å²) in [6.07, 6.45) is 1.89. The summed E-state index contributed by atoms with van der Waals surface area (Å²) in [5.41, 5.74) is 5.72. The van der Waals surface area contributed by atoms with Gasteiger partial charge in [-0.15, -0.1) is 0 Å². The summed E-state index contributed by atoms with van der Waals surface area (Å²) in [5, 5.41) is 13.5. The van der Waals surface area contributed by atoms with Crippen LogP contribution in [0.25, 0.3) is 0 Å². The lowest BCUT2D eigenvalue weighted by atomic mass is 9.97. The highest BCUT2D eigenvalue weighted by Crippen LogP contribution is 2.18. The summed E-state index contributed by atoms with van der Waals surface area (Å²) < 4.78 is 5.69. The van der Waals surface area contributed by atoms with Crippen molar-refractivity contribution in [3.63, 3.8) is 0 Å². The minimum Gasteiger partial charge on any atom is -0.460 e. The summed E-state index contributed by atoms with van der Waals surface area (Å²) in [4.78, 5) is 73.5. The lowest BCUT2D eigenvalue weighted by molar-refractivity contribution is -0.154. The molecule has 0 fully saturated rings. The SMILES string of the molecule is CC(C)C(NC(=O)CCCCNC(=O)CI)C(=O)NC(CCCNC(N)=O)C(=O)Nc1ccc(COC(=O)C(C)(C)C)cc1. The van der Waals surface area contributed by atoms with Gasteiger partial charge in [0.25, 0.3) is 0 Å². The first kappa shape index (κ1) is 38.6. The number of esters is 1. The van der Waals surface area contributed by atoms with Gasteiger partial charge in [-0.25, -0.2) is 4.79 Å². The van der Waals surface area contributed by atoms with Crippen LogP contribution in [-0.2, 0) is 35.3 Å². The molecular weight excluding hydrogens is 683 g/mol. The molecule has 0 aromatic heterocycles. The van der Waals surface area contributed by atoms with E-state index in [2.05, 4.69) is 26.6 Å². The highest BCUT2D eigenvalue weighted by Gasteiger charge is 2.29. The van der Waals surface area contributed by atoms with Crippen molar-refractivity contribution < 1.29 is 33.5 Å². The lowest BCUT2D eigenvalue weighted by Gasteiger charge is -2.25. The van der Waals surface area contributed by atoms with Gasteiger partial charge in [0.15, 0.2) is 0 Å². The second kappa shape index (κ2) is 19.8. The van der Waals surface area contributed by atoms with E-state index in [1.54, 1.807) is 58.9 Å². The number of nitrogens with one attached hydrogen (secondary N) is 5. The number of urea groups is 1. The molecule has 1 rings (SSSR count). The summed E-state index contributed by atoms with van der Waals surface area (Å²) in [5.74, 6) is -1.95. The van der Waals surface area contributed by atoms with Crippen LogP contribution in [0.4, 0.5) is 10.5 Å². The molecule has 1 aromatic carbocycles. The Labute approximate surface area is 273 Å². The van der Waals surface area contributed by atoms with Gasteiger partial charge in [0.05, 0.1) is 9.84 Å². The van der Waals surface area contributed by atoms with E-state index in [-0.39, 0.29) is 49.7 Å². The molecule has 0 spiro atoms. The van der Waals surface area contributed by atoms with Crippen molar-refractivity contribution in [1.82, 2.24) is 21.3 Å². The van der Waals surface area contributed by atoms with Crippen molar-refractivity contribution in [3.8, 4) is 0 Å². The predicted octanol–water partition coefficient (Wildman–Crippen LogP) is 2.51. The van der Waals surface area contributed by atoms with Crippen molar-refractivity contribution in [2.45, 2.75) is 85.4 Å². The minimum absolute atomic E-state index is 0.0634. The van der Waals surface area contributed by atoms with Gasteiger partial charge in [0.2, 0.25) is 23.6 Å². The number of unbranched alkanes of at least 4 members (excludes halogenated alkanes) is 1. The minimum atomic E-state index is -0.968. The first-order valence-electron chi connectivity index (χ1n) is 14.7. The van der Waals surface area contributed by atoms with Gasteiger partial charge in [-0.2, -0.15) is 0 Å². The number of rotatable bonds is 18. The number of hydrogen-bond acceptors (Lipinski definition) is 7. The average molecular weight is 731 g/mol. The van der Waals surface area contributed by atoms with Gasteiger partial charge in [-0.05, 0) is 70.1 Å². The molecule has 0 saturated carbocycles. The quantitative estimate of drug-likeness (QED) is 0.0577. The largest absolute Gasteiger partial charge is 0.460 e. The molecule has 0 saturated heterocycles. The number of carbonyl (C=O) groups excluding carboxylic acids is 6. The Bertz CT molecular complexity index is 1120. The number of nitrogens with two attached hydrogens (primary N) is 1. The van der Waals surface area contributed by atoms with Crippen LogP contribution in [0.15, 0.2) is 24.3 Å². The smallest absolute Gasteiger partial charge is 0.312 e. The van der Waals surface area contributed by atoms with E-state index >= 15 is 0 Å². The second-order valence-electron chi connectivity index (χ2n) is 11.7. The first-order valence-corrected chi connectivity index (χ1v) is 16.2. The molecule has 6 amide bonds. The van der Waals surface area contributed by atoms with Crippen molar-refractivity contribution >= 4 is 63.9 Å². The molecule has 2 atom stereocenters. The Hall–Kier alpha value is -3.43. The molecule has 14 heteroatoms. The Morgan fingerprint density at radius 1 is 0.864 bits per heavy atom. The summed E-state index contributed by atoms with van der Waals surface area (Å²) in [7, 11) is 0. The van der Waals surface area contributed by atoms with Crippen molar-refractivity contribution in [2.75, 3.05) is 22.8 Å². The molecular formula is C30H47IN6O7. The predicted molar refractivity (Wildman–Crippen MR) is 176 cm³/mol. The van der Waals surface area contributed by atoms with Crippen LogP contribution in [0.3, 0.4) is 0 Å². The van der Waals surface area contributed by atoms with Crippen LogP contribution < -0.4 is 32.3 Å². The maximum absolute atomic E-state index is 13.3. The monoisotopic (exact) mass is 730 g/mol. The number of alkyl halides is 1. The number of amides is 6. The van der Waals surface area contributed by atoms with E-state index < -0.39 is 35.3 Å². The molecule has 1 aromatic rings. The lowest BCUT2D eigenvalue weighted by Crippen LogP contribution is -2.54. The first-order chi connectivity index (χ1) is 20.6. The molecule has 246 valence electrons. The third kappa shape index (κ3) is 15.9. The standard InChI is InChI=1S/C30H47IN6O7/c1-19(2)25(37-23(38)10-6-7-15-33-24(39)17-31)27(41)36-22(9-8-16-34-29(32)43)26(40)35-21-13-11-20(12-14-21)18-44-28(42)30(3,4)5/h11-14,19,22,25H,6-10,15-18H2,1-5H3,(H,33,39)(H,35,40)(H,36,41)(H,37,38)(H3,32,34,43). The van der Waals surface area contributed by atoms with Crippen LogP contribution >= 0.6 is 22.6 Å². The molecule has 13 nitrogen and oxygen atoms in total. The maximum atomic E-state index is 13.3. The van der Waals surface area contributed by atoms with Gasteiger partial charge in [0.1, 0.15) is 18.7 Å². The van der Waals surface area contributed by atoms with Crippen molar-refractivity contribution in [1.29, 1.82) is 0 Å². The van der Waals surface area contributed by atoms with E-state index in [4.69, 9.17) is 10.5 Å². The van der Waals surface area contributed by atoms with Crippen LogP contribution in [-0.4, -0.2) is 65.2 Å². The van der Waals surface area contributed by atoms with Gasteiger partial charge in [0, 0.05) is 25.2 Å². The zero-order valence-electron chi connectivity index (χ0n) is 26.2. The van der Waals surface area contributed by atoms with E-state index in [1.165, 1.54) is 0 Å². The molecule has 44 heavy (non-hydrogen) atoms. The Kier molecular flexibility index (Phi) is 17.3. The summed E-state index contributed by atoms with van der Waals surface area (Å²) >= 11 is 1.97. The Morgan fingerprint density at radius 2 is 1.50 bits per heavy atom. The maximum Gasteiger partial charge on any atom is 0.312 e. The van der Waals surface area contributed by atoms with Crippen LogP contribution in [0, 0.1) is 11.3 Å². The number of primary amides is 1. The number of halogens is 1. The normalized spacial score (nSPS) is 12.4. The fourth-order valence-electron chi connectivity index (χ4n) is 3.79. The molecule has 0 aliphatic heterocycles. The van der Waals surface area contributed by atoms with Crippen LogP contribution in [0.1, 0.15) is 72.3 Å². The Morgan fingerprint density at radius 3 is 2.07 bits per heavy atom. The molecule has 0 aliphatic carbocycles. The number of anilines is 1. The number of ether oxygens (including phenoxy) is 1. The number of hydrogen-bond donors (Lipinski definition) is 6. The van der Waals surface area contributed by atoms with E-state index in [1.807, 2.05) is 22.6 Å². The molecule has 2 unspecified atom stereocenters. The highest BCUT2D eigenvalue weighted by atomic mass is 127. The second-order valence-corrected chi connectivity index (χ2v) is 12.5. The van der Waals surface area contributed by atoms with Gasteiger partial charge in [-0.3, -0.25) is 24.0 Å². The van der Waals surface area contributed by atoms with Crippen LogP contribution in [0.2, 0.25) is 0 Å². The van der Waals surface area contributed by atoms with Gasteiger partial charge < -0.3 is 37.1 Å². The summed E-state index contributed by atoms with van der Waals surface area (Å²) in [6.45, 7) is 9.65. The molecule has 0 radical (unpaired) electrons. The van der Waals surface area contributed by atoms with Crippen molar-refractivity contribution in [2.24, 2.45) is 17.1 Å². The Balaban J connectivity index is 2.83. The molecule has 0 aliphatic rings. The van der Waals surface area contributed by atoms with E-state index in [0.29, 0.717) is 35.9 Å². The zero-order valence-corrected chi connectivity index (χ0v) is 28.4. The van der Waals surface area contributed by atoms with Crippen LogP contribution in [0.5, 0.6) is 0 Å². The number of carbonyl (C=O) groups is 6. The molecule has 0 bridgehead atoms. The fourth-order valence-corrected chi connectivity index (χ4v) is 4.06. The number of benzene rings is 1. The summed E-state index contributed by atoms with van der Waals surface area (Å²) in [6, 6.07) is 4.22. The van der Waals surface area contributed by atoms with Gasteiger partial charge in [-0.1, -0.05) is 48.6 Å². The fraction of sp³-hybridized carbons (Fsp3) is 0.600. The van der Waals surface area contributed by atoms with Crippen molar-refractivity contribution in [3.05, 3.63) is 29.8 Å². The topological polar surface area (TPSA) is 198 Å². The average Bonchev–Trinajstić information content (AvgIpc) is 2.95. The van der Waals surface area contributed by atoms with E-state index in [9.17, 15) is 28.8 Å². The van der Waals surface area contributed by atoms with Gasteiger partial charge >= 0.3 is 12.0 Å². The third-order valence-corrected chi connectivity index (χ3v) is 7.04. The third-order valence-electron chi connectivity index (χ3n) is 6.35. The molecule has 0 heterocycles. The highest BCUT2D eigenvalue weighted by molar-refractivity contribution is 14.1.